The normalized spacial score (nSPS) is 10.8. The standard InChI is InChI=1S/C13H24N4O4/c1-3-6-17-11(14)10(12(18)16-13(17)19)15-5-4-7-21-9-8-20-2/h15H,3-9,14H2,1-2H3,(H,16,18,19). The number of anilines is 2. The molecule has 0 fully saturated rings. The van der Waals surface area contributed by atoms with Crippen LogP contribution in [0.4, 0.5) is 11.5 Å². The van der Waals surface area contributed by atoms with Crippen molar-refractivity contribution in [2.75, 3.05) is 44.5 Å². The van der Waals surface area contributed by atoms with Gasteiger partial charge in [0.15, 0.2) is 0 Å². The van der Waals surface area contributed by atoms with Gasteiger partial charge in [0.1, 0.15) is 11.5 Å². The zero-order valence-corrected chi connectivity index (χ0v) is 12.6. The molecule has 0 unspecified atom stereocenters. The second kappa shape index (κ2) is 9.19. The topological polar surface area (TPSA) is 111 Å². The van der Waals surface area contributed by atoms with Crippen molar-refractivity contribution in [2.24, 2.45) is 0 Å². The highest BCUT2D eigenvalue weighted by atomic mass is 16.5. The molecule has 4 N–H and O–H groups in total. The van der Waals surface area contributed by atoms with E-state index in [1.54, 1.807) is 7.11 Å². The van der Waals surface area contributed by atoms with E-state index < -0.39 is 11.2 Å². The van der Waals surface area contributed by atoms with Gasteiger partial charge in [0.2, 0.25) is 0 Å². The minimum atomic E-state index is -0.495. The first-order valence-electron chi connectivity index (χ1n) is 7.05. The van der Waals surface area contributed by atoms with E-state index >= 15 is 0 Å². The van der Waals surface area contributed by atoms with Gasteiger partial charge in [-0.2, -0.15) is 0 Å². The van der Waals surface area contributed by atoms with Crippen molar-refractivity contribution in [3.05, 3.63) is 20.8 Å². The van der Waals surface area contributed by atoms with E-state index in [-0.39, 0.29) is 11.5 Å². The maximum Gasteiger partial charge on any atom is 0.330 e. The van der Waals surface area contributed by atoms with Crippen molar-refractivity contribution in [3.8, 4) is 0 Å². The van der Waals surface area contributed by atoms with Gasteiger partial charge in [-0.3, -0.25) is 14.3 Å². The Kier molecular flexibility index (Phi) is 7.55. The number of methoxy groups -OCH3 is 1. The summed E-state index contributed by atoms with van der Waals surface area (Å²) in [5, 5.41) is 2.96. The van der Waals surface area contributed by atoms with Gasteiger partial charge < -0.3 is 20.5 Å². The van der Waals surface area contributed by atoms with Gasteiger partial charge in [0.25, 0.3) is 5.56 Å². The van der Waals surface area contributed by atoms with E-state index in [0.717, 1.165) is 12.8 Å². The number of aromatic amines is 1. The highest BCUT2D eigenvalue weighted by Gasteiger charge is 2.10. The lowest BCUT2D eigenvalue weighted by molar-refractivity contribution is 0.0705. The summed E-state index contributed by atoms with van der Waals surface area (Å²) in [5.41, 5.74) is 5.15. The van der Waals surface area contributed by atoms with Crippen LogP contribution < -0.4 is 22.3 Å². The number of aromatic nitrogens is 2. The Morgan fingerprint density at radius 1 is 1.29 bits per heavy atom. The molecule has 0 saturated carbocycles. The molecule has 0 aromatic carbocycles. The van der Waals surface area contributed by atoms with Gasteiger partial charge in [0, 0.05) is 26.8 Å². The number of ether oxygens (including phenoxy) is 2. The van der Waals surface area contributed by atoms with Crippen molar-refractivity contribution in [1.29, 1.82) is 0 Å². The lowest BCUT2D eigenvalue weighted by Gasteiger charge is -2.13. The molecule has 8 heteroatoms. The molecule has 0 aliphatic carbocycles. The molecule has 1 aromatic rings. The molecule has 0 saturated heterocycles. The predicted octanol–water partition coefficient (Wildman–Crippen LogP) is -0.00620. The monoisotopic (exact) mass is 300 g/mol. The number of nitrogens with one attached hydrogen (secondary N) is 2. The predicted molar refractivity (Wildman–Crippen MR) is 81.8 cm³/mol. The lowest BCUT2D eigenvalue weighted by atomic mass is 10.3. The Balaban J connectivity index is 2.57. The quantitative estimate of drug-likeness (QED) is 0.524. The Morgan fingerprint density at radius 2 is 2.05 bits per heavy atom. The number of hydrogen-bond donors (Lipinski definition) is 3. The molecule has 0 radical (unpaired) electrons. The lowest BCUT2D eigenvalue weighted by Crippen LogP contribution is -2.34. The molecule has 0 atom stereocenters. The van der Waals surface area contributed by atoms with Crippen LogP contribution >= 0.6 is 0 Å². The summed E-state index contributed by atoms with van der Waals surface area (Å²) < 4.78 is 11.5. The van der Waals surface area contributed by atoms with Crippen molar-refractivity contribution < 1.29 is 9.47 Å². The van der Waals surface area contributed by atoms with E-state index in [1.807, 2.05) is 6.92 Å². The third-order valence-electron chi connectivity index (χ3n) is 2.89. The van der Waals surface area contributed by atoms with Crippen LogP contribution in [0.2, 0.25) is 0 Å². The van der Waals surface area contributed by atoms with Gasteiger partial charge in [-0.25, -0.2) is 4.79 Å². The van der Waals surface area contributed by atoms with Crippen LogP contribution in [0, 0.1) is 0 Å². The van der Waals surface area contributed by atoms with Crippen LogP contribution in [0.1, 0.15) is 19.8 Å². The zero-order valence-electron chi connectivity index (χ0n) is 12.6. The van der Waals surface area contributed by atoms with Gasteiger partial charge in [-0.1, -0.05) is 6.92 Å². The first-order chi connectivity index (χ1) is 10.1. The van der Waals surface area contributed by atoms with Crippen molar-refractivity contribution >= 4 is 11.5 Å². The molecule has 1 aromatic heterocycles. The fourth-order valence-corrected chi connectivity index (χ4v) is 1.84. The molecule has 0 aliphatic heterocycles. The van der Waals surface area contributed by atoms with Gasteiger partial charge in [0.05, 0.1) is 13.2 Å². The van der Waals surface area contributed by atoms with E-state index in [2.05, 4.69) is 10.3 Å². The first-order valence-corrected chi connectivity index (χ1v) is 7.05. The maximum atomic E-state index is 11.8. The highest BCUT2D eigenvalue weighted by Crippen LogP contribution is 2.10. The second-order valence-electron chi connectivity index (χ2n) is 4.56. The summed E-state index contributed by atoms with van der Waals surface area (Å²) in [6.07, 6.45) is 1.47. The minimum absolute atomic E-state index is 0.172. The van der Waals surface area contributed by atoms with Crippen LogP contribution in [-0.2, 0) is 16.0 Å². The van der Waals surface area contributed by atoms with Gasteiger partial charge in [-0.05, 0) is 12.8 Å². The number of nitrogen functional groups attached to an aromatic ring is 1. The zero-order chi connectivity index (χ0) is 15.7. The van der Waals surface area contributed by atoms with Gasteiger partial charge >= 0.3 is 5.69 Å². The largest absolute Gasteiger partial charge is 0.383 e. The van der Waals surface area contributed by atoms with Crippen molar-refractivity contribution in [1.82, 2.24) is 9.55 Å². The molecule has 1 heterocycles. The average Bonchev–Trinajstić information content (AvgIpc) is 2.45. The molecule has 0 aliphatic rings. The maximum absolute atomic E-state index is 11.8. The SMILES string of the molecule is CCCn1c(N)c(NCCCOCCOC)c(=O)[nH]c1=O. The van der Waals surface area contributed by atoms with E-state index in [1.165, 1.54) is 4.57 Å². The Labute approximate surface area is 123 Å². The number of H-pyrrole nitrogens is 1. The van der Waals surface area contributed by atoms with Crippen LogP contribution in [0.25, 0.3) is 0 Å². The third kappa shape index (κ3) is 5.24. The first kappa shape index (κ1) is 17.3. The molecule has 0 spiro atoms. The summed E-state index contributed by atoms with van der Waals surface area (Å²) in [7, 11) is 1.62. The van der Waals surface area contributed by atoms with E-state index in [0.29, 0.717) is 32.9 Å². The fourth-order valence-electron chi connectivity index (χ4n) is 1.84. The van der Waals surface area contributed by atoms with Crippen LogP contribution in [0.5, 0.6) is 0 Å². The van der Waals surface area contributed by atoms with Crippen LogP contribution in [0.3, 0.4) is 0 Å². The molecule has 21 heavy (non-hydrogen) atoms. The number of rotatable bonds is 10. The second-order valence-corrected chi connectivity index (χ2v) is 4.56. The van der Waals surface area contributed by atoms with Crippen LogP contribution in [0.15, 0.2) is 9.59 Å². The summed E-state index contributed by atoms with van der Waals surface area (Å²) in [5.74, 6) is 0.172. The molecule has 0 amide bonds. The molecule has 120 valence electrons. The Bertz CT molecular complexity index is 538. The van der Waals surface area contributed by atoms with E-state index in [9.17, 15) is 9.59 Å². The fraction of sp³-hybridized carbons (Fsp3) is 0.692. The van der Waals surface area contributed by atoms with Crippen molar-refractivity contribution in [3.63, 3.8) is 0 Å². The van der Waals surface area contributed by atoms with Crippen molar-refractivity contribution in [2.45, 2.75) is 26.3 Å². The average molecular weight is 300 g/mol. The van der Waals surface area contributed by atoms with Gasteiger partial charge in [-0.15, -0.1) is 0 Å². The Morgan fingerprint density at radius 3 is 2.71 bits per heavy atom. The number of nitrogens with zero attached hydrogens (tertiary/aromatic N) is 1. The summed E-state index contributed by atoms with van der Waals surface area (Å²) in [6, 6.07) is 0. The number of nitrogens with two attached hydrogens (primary N) is 1. The molecule has 0 bridgehead atoms. The summed E-state index contributed by atoms with van der Waals surface area (Å²) in [6.45, 7) is 4.59. The molecular weight excluding hydrogens is 276 g/mol. The highest BCUT2D eigenvalue weighted by molar-refractivity contribution is 5.60. The molecular formula is C13H24N4O4. The summed E-state index contributed by atoms with van der Waals surface area (Å²) >= 11 is 0. The molecule has 8 nitrogen and oxygen atoms in total. The minimum Gasteiger partial charge on any atom is -0.383 e. The van der Waals surface area contributed by atoms with Crippen LogP contribution in [-0.4, -0.2) is 43.0 Å². The number of hydrogen-bond acceptors (Lipinski definition) is 6. The Hall–Kier alpha value is -1.80. The third-order valence-corrected chi connectivity index (χ3v) is 2.89. The summed E-state index contributed by atoms with van der Waals surface area (Å²) in [4.78, 5) is 25.7. The molecule has 1 rings (SSSR count). The van der Waals surface area contributed by atoms with E-state index in [4.69, 9.17) is 15.2 Å². The smallest absolute Gasteiger partial charge is 0.330 e.